The zero-order valence-corrected chi connectivity index (χ0v) is 21.3. The standard InChI is InChI=1S/C31H31FN4O/c1-20-26-13-12-25-28(24-10-6-7-11-27(24)32)34-36(30(25)31(26,2)18-21(19-33)29(20)37)23-14-16-35(17-15-23)22-8-4-3-5-9-22/h3-11,18,20,23,26H,12-17H2,1-2H3/t20-,26-,31-/m1/s1. The van der Waals surface area contributed by atoms with E-state index in [9.17, 15) is 10.1 Å². The van der Waals surface area contributed by atoms with Gasteiger partial charge in [-0.1, -0.05) is 50.3 Å². The Morgan fingerprint density at radius 1 is 1.05 bits per heavy atom. The van der Waals surface area contributed by atoms with E-state index in [0.29, 0.717) is 11.3 Å². The molecule has 0 bridgehead atoms. The number of nitriles is 1. The highest BCUT2D eigenvalue weighted by molar-refractivity contribution is 6.02. The van der Waals surface area contributed by atoms with Crippen LogP contribution in [0.4, 0.5) is 10.1 Å². The van der Waals surface area contributed by atoms with Crippen LogP contribution in [0.3, 0.4) is 0 Å². The Labute approximate surface area is 217 Å². The summed E-state index contributed by atoms with van der Waals surface area (Å²) >= 11 is 0. The summed E-state index contributed by atoms with van der Waals surface area (Å²) in [4.78, 5) is 15.3. The molecule has 0 N–H and O–H groups in total. The van der Waals surface area contributed by atoms with Crippen molar-refractivity contribution in [1.29, 1.82) is 5.26 Å². The molecular formula is C31H31FN4O. The molecule has 1 fully saturated rings. The summed E-state index contributed by atoms with van der Waals surface area (Å²) in [6.45, 7) is 5.93. The predicted molar refractivity (Wildman–Crippen MR) is 142 cm³/mol. The summed E-state index contributed by atoms with van der Waals surface area (Å²) < 4.78 is 17.2. The molecule has 2 aliphatic carbocycles. The topological polar surface area (TPSA) is 61.9 Å². The van der Waals surface area contributed by atoms with Crippen molar-refractivity contribution in [1.82, 2.24) is 9.78 Å². The van der Waals surface area contributed by atoms with Crippen LogP contribution in [-0.2, 0) is 16.6 Å². The predicted octanol–water partition coefficient (Wildman–Crippen LogP) is 6.02. The largest absolute Gasteiger partial charge is 0.371 e. The van der Waals surface area contributed by atoms with Gasteiger partial charge in [0.05, 0.1) is 23.0 Å². The fourth-order valence-corrected chi connectivity index (χ4v) is 7.02. The van der Waals surface area contributed by atoms with E-state index in [1.807, 2.05) is 25.1 Å². The van der Waals surface area contributed by atoms with E-state index < -0.39 is 5.41 Å². The number of carbonyl (C=O) groups is 1. The van der Waals surface area contributed by atoms with Crippen molar-refractivity contribution in [2.45, 2.75) is 51.0 Å². The molecule has 37 heavy (non-hydrogen) atoms. The lowest BCUT2D eigenvalue weighted by Crippen LogP contribution is -2.47. The number of hydrogen-bond donors (Lipinski definition) is 0. The average Bonchev–Trinajstić information content (AvgIpc) is 3.32. The number of rotatable bonds is 3. The number of para-hydroxylation sites is 1. The molecule has 0 spiro atoms. The van der Waals surface area contributed by atoms with Crippen LogP contribution in [-0.4, -0.2) is 28.7 Å². The van der Waals surface area contributed by atoms with Crippen LogP contribution in [0.15, 0.2) is 66.2 Å². The number of nitrogens with zero attached hydrogens (tertiary/aromatic N) is 4. The van der Waals surface area contributed by atoms with Crippen molar-refractivity contribution in [2.75, 3.05) is 18.0 Å². The monoisotopic (exact) mass is 494 g/mol. The third-order valence-corrected chi connectivity index (χ3v) is 8.90. The van der Waals surface area contributed by atoms with Gasteiger partial charge in [0.1, 0.15) is 11.9 Å². The number of carbonyl (C=O) groups excluding carboxylic acids is 1. The van der Waals surface area contributed by atoms with Crippen molar-refractivity contribution in [3.63, 3.8) is 0 Å². The lowest BCUT2D eigenvalue weighted by Gasteiger charge is -2.46. The molecule has 3 aliphatic rings. The molecule has 0 saturated carbocycles. The SMILES string of the molecule is C[C@H]1C(=O)C(C#N)=C[C@@]2(C)c3c(c(-c4ccccc4F)nn3C3CCN(c4ccccc4)CC3)CC[C@H]12. The average molecular weight is 495 g/mol. The van der Waals surface area contributed by atoms with Gasteiger partial charge in [-0.25, -0.2) is 4.39 Å². The van der Waals surface area contributed by atoms with E-state index >= 15 is 4.39 Å². The molecule has 0 radical (unpaired) electrons. The second-order valence-electron chi connectivity index (χ2n) is 10.9. The minimum atomic E-state index is -0.515. The van der Waals surface area contributed by atoms with Gasteiger partial charge in [-0.15, -0.1) is 0 Å². The Kier molecular flexibility index (Phi) is 5.75. The highest BCUT2D eigenvalue weighted by atomic mass is 19.1. The van der Waals surface area contributed by atoms with Crippen molar-refractivity contribution < 1.29 is 9.18 Å². The third kappa shape index (κ3) is 3.71. The molecule has 188 valence electrons. The smallest absolute Gasteiger partial charge is 0.176 e. The van der Waals surface area contributed by atoms with Gasteiger partial charge < -0.3 is 4.90 Å². The van der Waals surface area contributed by atoms with E-state index in [-0.39, 0.29) is 35.1 Å². The number of ketones is 1. The van der Waals surface area contributed by atoms with Crippen molar-refractivity contribution in [2.24, 2.45) is 11.8 Å². The number of hydrogen-bond acceptors (Lipinski definition) is 4. The van der Waals surface area contributed by atoms with Crippen LogP contribution in [0.1, 0.15) is 50.4 Å². The Balaban J connectivity index is 1.47. The van der Waals surface area contributed by atoms with Gasteiger partial charge in [-0.3, -0.25) is 9.48 Å². The van der Waals surface area contributed by atoms with Crippen LogP contribution < -0.4 is 4.90 Å². The summed E-state index contributed by atoms with van der Waals surface area (Å²) in [6.07, 6.45) is 5.29. The second kappa shape index (κ2) is 8.99. The molecule has 5 nitrogen and oxygen atoms in total. The molecule has 1 aliphatic heterocycles. The molecule has 0 unspecified atom stereocenters. The van der Waals surface area contributed by atoms with Gasteiger partial charge in [0.15, 0.2) is 5.78 Å². The van der Waals surface area contributed by atoms with Crippen molar-refractivity contribution >= 4 is 11.5 Å². The van der Waals surface area contributed by atoms with E-state index in [2.05, 4.69) is 46.8 Å². The van der Waals surface area contributed by atoms with Crippen LogP contribution in [0, 0.1) is 29.0 Å². The summed E-state index contributed by atoms with van der Waals surface area (Å²) in [5, 5.41) is 14.9. The highest BCUT2D eigenvalue weighted by Gasteiger charge is 2.51. The fraction of sp³-hybridized carbons (Fsp3) is 0.387. The van der Waals surface area contributed by atoms with Crippen molar-refractivity contribution in [3.8, 4) is 17.3 Å². The van der Waals surface area contributed by atoms with E-state index in [0.717, 1.165) is 50.0 Å². The van der Waals surface area contributed by atoms with Crippen molar-refractivity contribution in [3.05, 3.63) is 83.3 Å². The molecule has 2 heterocycles. The molecule has 6 heteroatoms. The number of anilines is 1. The van der Waals surface area contributed by atoms with Gasteiger partial charge in [0, 0.05) is 41.2 Å². The molecule has 6 rings (SSSR count). The first-order valence-corrected chi connectivity index (χ1v) is 13.3. The second-order valence-corrected chi connectivity index (χ2v) is 10.9. The van der Waals surface area contributed by atoms with E-state index in [1.54, 1.807) is 12.1 Å². The van der Waals surface area contributed by atoms with E-state index in [1.165, 1.54) is 11.8 Å². The highest BCUT2D eigenvalue weighted by Crippen LogP contribution is 2.52. The molecular weight excluding hydrogens is 463 g/mol. The zero-order chi connectivity index (χ0) is 25.7. The lowest BCUT2D eigenvalue weighted by atomic mass is 9.57. The molecule has 2 aromatic carbocycles. The number of allylic oxidation sites excluding steroid dienone is 2. The number of Topliss-reactive ketones (excluding diaryl/α,β-unsaturated/α-hetero) is 1. The Hall–Kier alpha value is -3.72. The molecule has 1 aromatic heterocycles. The van der Waals surface area contributed by atoms with Gasteiger partial charge in [0.2, 0.25) is 0 Å². The van der Waals surface area contributed by atoms with Crippen LogP contribution in [0.25, 0.3) is 11.3 Å². The quantitative estimate of drug-likeness (QED) is 0.447. The van der Waals surface area contributed by atoms with Crippen LogP contribution in [0.5, 0.6) is 0 Å². The maximum absolute atomic E-state index is 15.0. The summed E-state index contributed by atoms with van der Waals surface area (Å²) in [6, 6.07) is 19.6. The maximum Gasteiger partial charge on any atom is 0.176 e. The molecule has 3 atom stereocenters. The minimum Gasteiger partial charge on any atom is -0.371 e. The number of piperidine rings is 1. The first-order chi connectivity index (χ1) is 17.9. The van der Waals surface area contributed by atoms with Gasteiger partial charge in [-0.05, 0) is 55.9 Å². The van der Waals surface area contributed by atoms with Gasteiger partial charge >= 0.3 is 0 Å². The number of benzene rings is 2. The summed E-state index contributed by atoms with van der Waals surface area (Å²) in [7, 11) is 0. The zero-order valence-electron chi connectivity index (χ0n) is 21.3. The normalized spacial score (nSPS) is 25.7. The number of fused-ring (bicyclic) bond motifs is 3. The third-order valence-electron chi connectivity index (χ3n) is 8.90. The van der Waals surface area contributed by atoms with Gasteiger partial charge in [0.25, 0.3) is 0 Å². The Morgan fingerprint density at radius 3 is 2.46 bits per heavy atom. The summed E-state index contributed by atoms with van der Waals surface area (Å²) in [5.74, 6) is -0.498. The number of halogens is 1. The first kappa shape index (κ1) is 23.7. The number of aromatic nitrogens is 2. The summed E-state index contributed by atoms with van der Waals surface area (Å²) in [5.41, 5.74) is 4.29. The lowest BCUT2D eigenvalue weighted by molar-refractivity contribution is -0.121. The van der Waals surface area contributed by atoms with Crippen LogP contribution in [0.2, 0.25) is 0 Å². The molecule has 3 aromatic rings. The Morgan fingerprint density at radius 2 is 1.76 bits per heavy atom. The fourth-order valence-electron chi connectivity index (χ4n) is 7.02. The van der Waals surface area contributed by atoms with Crippen LogP contribution >= 0.6 is 0 Å². The maximum atomic E-state index is 15.0. The van der Waals surface area contributed by atoms with E-state index in [4.69, 9.17) is 5.10 Å². The molecule has 1 saturated heterocycles. The first-order valence-electron chi connectivity index (χ1n) is 13.3. The Bertz CT molecular complexity index is 1430. The van der Waals surface area contributed by atoms with Gasteiger partial charge in [-0.2, -0.15) is 10.4 Å². The molecule has 0 amide bonds. The minimum absolute atomic E-state index is 0.0648.